The molecule has 5 nitrogen and oxygen atoms in total. The van der Waals surface area contributed by atoms with Crippen LogP contribution in [0.15, 0.2) is 6.20 Å². The third-order valence-electron chi connectivity index (χ3n) is 2.70. The van der Waals surface area contributed by atoms with Crippen LogP contribution in [0.3, 0.4) is 0 Å². The zero-order valence-electron chi connectivity index (χ0n) is 12.3. The van der Waals surface area contributed by atoms with Gasteiger partial charge in [-0.05, 0) is 18.8 Å². The van der Waals surface area contributed by atoms with E-state index in [0.717, 1.165) is 17.8 Å². The maximum atomic E-state index is 12.4. The third-order valence-corrected chi connectivity index (χ3v) is 3.74. The van der Waals surface area contributed by atoms with Crippen molar-refractivity contribution in [3.8, 4) is 0 Å². The first-order valence-electron chi connectivity index (χ1n) is 6.89. The first kappa shape index (κ1) is 16.6. The van der Waals surface area contributed by atoms with Crippen LogP contribution in [0.4, 0.5) is 0 Å². The molecule has 1 amide bonds. The van der Waals surface area contributed by atoms with Gasteiger partial charge in [-0.15, -0.1) is 11.3 Å². The van der Waals surface area contributed by atoms with Crippen LogP contribution in [0, 0.1) is 5.92 Å². The fourth-order valence-electron chi connectivity index (χ4n) is 1.84. The number of hydrogen-bond acceptors (Lipinski definition) is 4. The summed E-state index contributed by atoms with van der Waals surface area (Å²) in [6.07, 6.45) is 3.44. The van der Waals surface area contributed by atoms with Gasteiger partial charge in [0.15, 0.2) is 0 Å². The highest BCUT2D eigenvalue weighted by atomic mass is 32.1. The Labute approximate surface area is 123 Å². The molecule has 0 aromatic carbocycles. The number of rotatable bonds is 8. The van der Waals surface area contributed by atoms with Gasteiger partial charge in [-0.3, -0.25) is 9.59 Å². The smallest absolute Gasteiger partial charge is 0.305 e. The summed E-state index contributed by atoms with van der Waals surface area (Å²) < 4.78 is 0. The maximum Gasteiger partial charge on any atom is 0.305 e. The molecule has 0 fully saturated rings. The quantitative estimate of drug-likeness (QED) is 0.801. The van der Waals surface area contributed by atoms with Crippen molar-refractivity contribution >= 4 is 23.2 Å². The summed E-state index contributed by atoms with van der Waals surface area (Å²) in [4.78, 5) is 29.6. The summed E-state index contributed by atoms with van der Waals surface area (Å²) in [5.41, 5.74) is 0. The summed E-state index contributed by atoms with van der Waals surface area (Å²) in [5.74, 6) is -0.696. The predicted octanol–water partition coefficient (Wildman–Crippen LogP) is 2.67. The lowest BCUT2D eigenvalue weighted by Crippen LogP contribution is -2.35. The van der Waals surface area contributed by atoms with E-state index in [1.165, 1.54) is 11.3 Å². The van der Waals surface area contributed by atoms with Crippen LogP contribution in [-0.4, -0.2) is 40.0 Å². The minimum absolute atomic E-state index is 0.0287. The topological polar surface area (TPSA) is 70.5 Å². The molecule has 0 unspecified atom stereocenters. The normalized spacial score (nSPS) is 10.8. The van der Waals surface area contributed by atoms with Crippen LogP contribution in [0.1, 0.15) is 48.3 Å². The Hall–Kier alpha value is -1.43. The maximum absolute atomic E-state index is 12.4. The molecular formula is C14H22N2O3S. The molecule has 0 saturated carbocycles. The van der Waals surface area contributed by atoms with Crippen LogP contribution in [-0.2, 0) is 11.2 Å². The number of carbonyl (C=O) groups is 2. The number of carboxylic acids is 1. The molecule has 0 aliphatic heterocycles. The number of thiazole rings is 1. The van der Waals surface area contributed by atoms with E-state index in [1.54, 1.807) is 11.1 Å². The average Bonchev–Trinajstić information content (AvgIpc) is 2.82. The molecule has 0 aliphatic rings. The Balaban J connectivity index is 2.76. The van der Waals surface area contributed by atoms with Gasteiger partial charge in [0.1, 0.15) is 4.88 Å². The van der Waals surface area contributed by atoms with Gasteiger partial charge in [0.25, 0.3) is 5.91 Å². The predicted molar refractivity (Wildman–Crippen MR) is 79.1 cm³/mol. The van der Waals surface area contributed by atoms with Gasteiger partial charge >= 0.3 is 5.97 Å². The molecule has 0 saturated heterocycles. The van der Waals surface area contributed by atoms with Gasteiger partial charge in [-0.2, -0.15) is 0 Å². The number of aliphatic carboxylic acids is 1. The van der Waals surface area contributed by atoms with E-state index in [0.29, 0.717) is 17.3 Å². The van der Waals surface area contributed by atoms with E-state index < -0.39 is 5.97 Å². The van der Waals surface area contributed by atoms with Crippen molar-refractivity contribution < 1.29 is 14.7 Å². The van der Waals surface area contributed by atoms with Crippen molar-refractivity contribution in [3.63, 3.8) is 0 Å². The van der Waals surface area contributed by atoms with E-state index in [9.17, 15) is 9.59 Å². The van der Waals surface area contributed by atoms with Gasteiger partial charge in [0, 0.05) is 13.1 Å². The van der Waals surface area contributed by atoms with Crippen molar-refractivity contribution in [2.45, 2.75) is 40.0 Å². The highest BCUT2D eigenvalue weighted by Crippen LogP contribution is 2.17. The Morgan fingerprint density at radius 1 is 1.45 bits per heavy atom. The minimum Gasteiger partial charge on any atom is -0.481 e. The third kappa shape index (κ3) is 5.28. The Morgan fingerprint density at radius 2 is 2.15 bits per heavy atom. The monoisotopic (exact) mass is 298 g/mol. The average molecular weight is 298 g/mol. The molecule has 20 heavy (non-hydrogen) atoms. The standard InChI is InChI=1S/C14H22N2O3S/c1-4-5-12-15-8-11(20-12)14(19)16(9-10(2)3)7-6-13(17)18/h8,10H,4-7,9H2,1-3H3,(H,17,18). The van der Waals surface area contributed by atoms with Crippen LogP contribution >= 0.6 is 11.3 Å². The number of nitrogens with zero attached hydrogens (tertiary/aromatic N) is 2. The van der Waals surface area contributed by atoms with Gasteiger partial charge in [-0.1, -0.05) is 20.8 Å². The van der Waals surface area contributed by atoms with E-state index in [1.807, 2.05) is 13.8 Å². The first-order chi connectivity index (χ1) is 9.43. The van der Waals surface area contributed by atoms with E-state index in [-0.39, 0.29) is 18.9 Å². The fraction of sp³-hybridized carbons (Fsp3) is 0.643. The van der Waals surface area contributed by atoms with Crippen LogP contribution in [0.5, 0.6) is 0 Å². The van der Waals surface area contributed by atoms with Crippen molar-refractivity contribution in [2.24, 2.45) is 5.92 Å². The second kappa shape index (κ2) is 7.99. The second-order valence-electron chi connectivity index (χ2n) is 5.16. The highest BCUT2D eigenvalue weighted by Gasteiger charge is 2.20. The number of amides is 1. The summed E-state index contributed by atoms with van der Waals surface area (Å²) in [6.45, 7) is 6.90. The van der Waals surface area contributed by atoms with Crippen molar-refractivity contribution in [3.05, 3.63) is 16.1 Å². The Bertz CT molecular complexity index is 457. The molecule has 0 atom stereocenters. The fourth-order valence-corrected chi connectivity index (χ4v) is 2.83. The van der Waals surface area contributed by atoms with Crippen LogP contribution < -0.4 is 0 Å². The van der Waals surface area contributed by atoms with E-state index in [4.69, 9.17) is 5.11 Å². The molecule has 1 aromatic heterocycles. The molecule has 0 radical (unpaired) electrons. The molecule has 1 N–H and O–H groups in total. The van der Waals surface area contributed by atoms with E-state index >= 15 is 0 Å². The molecule has 112 valence electrons. The summed E-state index contributed by atoms with van der Waals surface area (Å²) in [6, 6.07) is 0. The Kier molecular flexibility index (Phi) is 6.64. The van der Waals surface area contributed by atoms with Gasteiger partial charge < -0.3 is 10.0 Å². The molecule has 0 aliphatic carbocycles. The Morgan fingerprint density at radius 3 is 2.70 bits per heavy atom. The highest BCUT2D eigenvalue weighted by molar-refractivity contribution is 7.13. The molecular weight excluding hydrogens is 276 g/mol. The van der Waals surface area contributed by atoms with Crippen LogP contribution in [0.25, 0.3) is 0 Å². The molecule has 0 bridgehead atoms. The molecule has 1 heterocycles. The molecule has 0 spiro atoms. The molecule has 1 aromatic rings. The van der Waals surface area contributed by atoms with Gasteiger partial charge in [0.05, 0.1) is 17.6 Å². The van der Waals surface area contributed by atoms with Gasteiger partial charge in [-0.25, -0.2) is 4.98 Å². The lowest BCUT2D eigenvalue weighted by Gasteiger charge is -2.23. The first-order valence-corrected chi connectivity index (χ1v) is 7.71. The van der Waals surface area contributed by atoms with Gasteiger partial charge in [0.2, 0.25) is 0 Å². The van der Waals surface area contributed by atoms with Crippen LogP contribution in [0.2, 0.25) is 0 Å². The number of hydrogen-bond donors (Lipinski definition) is 1. The number of carboxylic acid groups (broad SMARTS) is 1. The molecule has 6 heteroatoms. The summed E-state index contributed by atoms with van der Waals surface area (Å²) >= 11 is 1.41. The number of aryl methyl sites for hydroxylation is 1. The second-order valence-corrected chi connectivity index (χ2v) is 6.27. The summed E-state index contributed by atoms with van der Waals surface area (Å²) in [7, 11) is 0. The summed E-state index contributed by atoms with van der Waals surface area (Å²) in [5, 5.41) is 9.73. The number of carbonyl (C=O) groups excluding carboxylic acids is 1. The zero-order chi connectivity index (χ0) is 15.1. The van der Waals surface area contributed by atoms with Crippen molar-refractivity contribution in [1.29, 1.82) is 0 Å². The van der Waals surface area contributed by atoms with Crippen molar-refractivity contribution in [1.82, 2.24) is 9.88 Å². The molecule has 1 rings (SSSR count). The minimum atomic E-state index is -0.887. The zero-order valence-corrected chi connectivity index (χ0v) is 13.1. The lowest BCUT2D eigenvalue weighted by molar-refractivity contribution is -0.137. The number of aromatic nitrogens is 1. The lowest BCUT2D eigenvalue weighted by atomic mass is 10.2. The largest absolute Gasteiger partial charge is 0.481 e. The SMILES string of the molecule is CCCc1ncc(C(=O)N(CCC(=O)O)CC(C)C)s1. The van der Waals surface area contributed by atoms with Crippen molar-refractivity contribution in [2.75, 3.05) is 13.1 Å². The van der Waals surface area contributed by atoms with E-state index in [2.05, 4.69) is 11.9 Å².